The number of carboxylic acids is 1. The van der Waals surface area contributed by atoms with Gasteiger partial charge in [-0.3, -0.25) is 4.90 Å². The van der Waals surface area contributed by atoms with E-state index in [9.17, 15) is 4.79 Å². The molecule has 5 heteroatoms. The van der Waals surface area contributed by atoms with Crippen LogP contribution in [0.3, 0.4) is 0 Å². The van der Waals surface area contributed by atoms with Crippen LogP contribution in [-0.2, 0) is 6.54 Å². The number of rotatable bonds is 4. The first kappa shape index (κ1) is 13.1. The summed E-state index contributed by atoms with van der Waals surface area (Å²) in [5, 5.41) is 8.97. The molecular weight excluding hydrogens is 232 g/mol. The van der Waals surface area contributed by atoms with E-state index in [-0.39, 0.29) is 5.56 Å². The van der Waals surface area contributed by atoms with Gasteiger partial charge < -0.3 is 14.4 Å². The van der Waals surface area contributed by atoms with Crippen molar-refractivity contribution in [1.29, 1.82) is 0 Å². The zero-order valence-corrected chi connectivity index (χ0v) is 11.1. The third-order valence-corrected chi connectivity index (χ3v) is 3.56. The monoisotopic (exact) mass is 252 g/mol. The molecule has 0 aromatic carbocycles. The quantitative estimate of drug-likeness (QED) is 0.878. The molecule has 0 radical (unpaired) electrons. The molecule has 100 valence electrons. The van der Waals surface area contributed by atoms with Gasteiger partial charge in [-0.2, -0.15) is 0 Å². The molecule has 2 heterocycles. The van der Waals surface area contributed by atoms with Crippen molar-refractivity contribution >= 4 is 5.97 Å². The van der Waals surface area contributed by atoms with Crippen molar-refractivity contribution in [2.45, 2.75) is 25.9 Å². The lowest BCUT2D eigenvalue weighted by Gasteiger charge is -2.19. The largest absolute Gasteiger partial charge is 0.478 e. The minimum atomic E-state index is -0.921. The summed E-state index contributed by atoms with van der Waals surface area (Å²) in [5.41, 5.74) is 0.272. The van der Waals surface area contributed by atoms with E-state index in [1.807, 2.05) is 0 Å². The minimum absolute atomic E-state index is 0.272. The van der Waals surface area contributed by atoms with E-state index in [2.05, 4.69) is 23.9 Å². The molecule has 1 fully saturated rings. The third kappa shape index (κ3) is 2.73. The van der Waals surface area contributed by atoms with Gasteiger partial charge in [0.1, 0.15) is 17.1 Å². The Labute approximate surface area is 107 Å². The number of aromatic carboxylic acids is 1. The van der Waals surface area contributed by atoms with Gasteiger partial charge in [0.2, 0.25) is 0 Å². The van der Waals surface area contributed by atoms with Crippen LogP contribution in [0.1, 0.15) is 28.3 Å². The molecule has 0 bridgehead atoms. The zero-order chi connectivity index (χ0) is 13.3. The average molecular weight is 252 g/mol. The number of nitrogens with zero attached hydrogens (tertiary/aromatic N) is 2. The molecule has 0 amide bonds. The number of carboxylic acid groups (broad SMARTS) is 1. The van der Waals surface area contributed by atoms with Crippen molar-refractivity contribution in [3.8, 4) is 0 Å². The summed E-state index contributed by atoms with van der Waals surface area (Å²) in [7, 11) is 4.18. The third-order valence-electron chi connectivity index (χ3n) is 3.56. The number of likely N-dealkylation sites (tertiary alicyclic amines) is 1. The smallest absolute Gasteiger partial charge is 0.339 e. The van der Waals surface area contributed by atoms with Crippen LogP contribution in [0.2, 0.25) is 0 Å². The van der Waals surface area contributed by atoms with E-state index in [4.69, 9.17) is 9.52 Å². The fourth-order valence-electron chi connectivity index (χ4n) is 2.43. The number of hydrogen-bond donors (Lipinski definition) is 1. The van der Waals surface area contributed by atoms with Crippen LogP contribution in [0, 0.1) is 6.92 Å². The Kier molecular flexibility index (Phi) is 3.73. The zero-order valence-electron chi connectivity index (χ0n) is 11.1. The van der Waals surface area contributed by atoms with E-state index >= 15 is 0 Å². The van der Waals surface area contributed by atoms with Crippen LogP contribution in [0.25, 0.3) is 0 Å². The molecule has 18 heavy (non-hydrogen) atoms. The molecule has 2 rings (SSSR count). The number of carbonyl (C=O) groups is 1. The molecule has 1 unspecified atom stereocenters. The molecule has 0 aliphatic carbocycles. The summed E-state index contributed by atoms with van der Waals surface area (Å²) in [6, 6.07) is 2.22. The van der Waals surface area contributed by atoms with Crippen molar-refractivity contribution in [1.82, 2.24) is 9.80 Å². The second-order valence-corrected chi connectivity index (χ2v) is 5.13. The van der Waals surface area contributed by atoms with E-state index < -0.39 is 5.97 Å². The number of hydrogen-bond acceptors (Lipinski definition) is 4. The van der Waals surface area contributed by atoms with Gasteiger partial charge in [-0.15, -0.1) is 0 Å². The fourth-order valence-corrected chi connectivity index (χ4v) is 2.43. The van der Waals surface area contributed by atoms with Crippen molar-refractivity contribution in [3.05, 3.63) is 23.2 Å². The van der Waals surface area contributed by atoms with E-state index in [0.717, 1.165) is 25.3 Å². The molecule has 1 atom stereocenters. The lowest BCUT2D eigenvalue weighted by atomic mass is 10.2. The van der Waals surface area contributed by atoms with Gasteiger partial charge >= 0.3 is 5.97 Å². The summed E-state index contributed by atoms with van der Waals surface area (Å²) in [4.78, 5) is 15.5. The summed E-state index contributed by atoms with van der Waals surface area (Å²) >= 11 is 0. The topological polar surface area (TPSA) is 56.9 Å². The molecule has 5 nitrogen and oxygen atoms in total. The molecule has 1 aromatic heterocycles. The van der Waals surface area contributed by atoms with Gasteiger partial charge in [-0.25, -0.2) is 4.79 Å². The Hall–Kier alpha value is -1.33. The van der Waals surface area contributed by atoms with Gasteiger partial charge in [0.15, 0.2) is 0 Å². The lowest BCUT2D eigenvalue weighted by molar-refractivity contribution is 0.0695. The lowest BCUT2D eigenvalue weighted by Crippen LogP contribution is -2.31. The van der Waals surface area contributed by atoms with Crippen LogP contribution >= 0.6 is 0 Å². The minimum Gasteiger partial charge on any atom is -0.478 e. The van der Waals surface area contributed by atoms with Crippen LogP contribution in [0.15, 0.2) is 10.5 Å². The summed E-state index contributed by atoms with van der Waals surface area (Å²) in [5.74, 6) is 0.306. The van der Waals surface area contributed by atoms with Gasteiger partial charge in [-0.05, 0) is 33.5 Å². The molecule has 0 saturated carbocycles. The first-order valence-corrected chi connectivity index (χ1v) is 6.18. The van der Waals surface area contributed by atoms with Crippen molar-refractivity contribution in [3.63, 3.8) is 0 Å². The second-order valence-electron chi connectivity index (χ2n) is 5.13. The molecule has 0 spiro atoms. The first-order chi connectivity index (χ1) is 8.47. The molecule has 1 saturated heterocycles. The Morgan fingerprint density at radius 3 is 2.83 bits per heavy atom. The highest BCUT2D eigenvalue weighted by molar-refractivity contribution is 5.88. The Balaban J connectivity index is 1.99. The number of aryl methyl sites for hydroxylation is 1. The average Bonchev–Trinajstić information content (AvgIpc) is 2.86. The molecule has 1 aliphatic rings. The van der Waals surface area contributed by atoms with Crippen molar-refractivity contribution < 1.29 is 14.3 Å². The van der Waals surface area contributed by atoms with Crippen LogP contribution in [0.5, 0.6) is 0 Å². The summed E-state index contributed by atoms with van der Waals surface area (Å²) in [6.45, 7) is 4.43. The predicted octanol–water partition coefficient (Wildman–Crippen LogP) is 1.42. The van der Waals surface area contributed by atoms with Gasteiger partial charge in [-0.1, -0.05) is 0 Å². The van der Waals surface area contributed by atoms with Gasteiger partial charge in [0.05, 0.1) is 6.54 Å². The normalized spacial score (nSPS) is 20.8. The molecular formula is C13H20N2O3. The fraction of sp³-hybridized carbons (Fsp3) is 0.615. The number of furan rings is 1. The Morgan fingerprint density at radius 2 is 2.33 bits per heavy atom. The molecule has 1 aromatic rings. The highest BCUT2D eigenvalue weighted by Gasteiger charge is 2.25. The second kappa shape index (κ2) is 5.12. The first-order valence-electron chi connectivity index (χ1n) is 6.18. The van der Waals surface area contributed by atoms with Crippen LogP contribution in [0.4, 0.5) is 0 Å². The Bertz CT molecular complexity index is 439. The molecule has 1 aliphatic heterocycles. The van der Waals surface area contributed by atoms with Crippen LogP contribution in [-0.4, -0.2) is 54.1 Å². The van der Waals surface area contributed by atoms with Crippen molar-refractivity contribution in [2.24, 2.45) is 0 Å². The predicted molar refractivity (Wildman–Crippen MR) is 67.8 cm³/mol. The maximum Gasteiger partial charge on any atom is 0.339 e. The highest BCUT2D eigenvalue weighted by Crippen LogP contribution is 2.20. The standard InChI is InChI=1S/C13H20N2O3/c1-9-12(13(16)17)6-11(18-9)8-15-5-4-10(7-15)14(2)3/h6,10H,4-5,7-8H2,1-3H3,(H,16,17). The maximum absolute atomic E-state index is 10.9. The van der Waals surface area contributed by atoms with Gasteiger partial charge in [0, 0.05) is 19.1 Å². The molecule has 1 N–H and O–H groups in total. The maximum atomic E-state index is 10.9. The SMILES string of the molecule is Cc1oc(CN2CCC(N(C)C)C2)cc1C(=O)O. The Morgan fingerprint density at radius 1 is 1.61 bits per heavy atom. The van der Waals surface area contributed by atoms with E-state index in [1.54, 1.807) is 13.0 Å². The van der Waals surface area contributed by atoms with E-state index in [0.29, 0.717) is 18.3 Å². The van der Waals surface area contributed by atoms with Crippen molar-refractivity contribution in [2.75, 3.05) is 27.2 Å². The van der Waals surface area contributed by atoms with Gasteiger partial charge in [0.25, 0.3) is 0 Å². The summed E-state index contributed by atoms with van der Waals surface area (Å²) < 4.78 is 5.50. The highest BCUT2D eigenvalue weighted by atomic mass is 16.4. The van der Waals surface area contributed by atoms with E-state index in [1.165, 1.54) is 0 Å². The van der Waals surface area contributed by atoms with Crippen LogP contribution < -0.4 is 0 Å². The number of likely N-dealkylation sites (N-methyl/N-ethyl adjacent to an activating group) is 1. The summed E-state index contributed by atoms with van der Waals surface area (Å²) in [6.07, 6.45) is 1.15.